The quantitative estimate of drug-likeness (QED) is 0.855. The molecule has 0 saturated carbocycles. The van der Waals surface area contributed by atoms with Crippen LogP contribution in [0.3, 0.4) is 0 Å². The van der Waals surface area contributed by atoms with E-state index in [-0.39, 0.29) is 30.7 Å². The molecule has 1 heterocycles. The molecule has 1 saturated heterocycles. The number of hydrogen-bond acceptors (Lipinski definition) is 3. The van der Waals surface area contributed by atoms with Gasteiger partial charge in [0.15, 0.2) is 0 Å². The van der Waals surface area contributed by atoms with Gasteiger partial charge in [0, 0.05) is 25.6 Å². The largest absolute Gasteiger partial charge is 0.339 e. The van der Waals surface area contributed by atoms with Crippen LogP contribution in [0.15, 0.2) is 24.3 Å². The van der Waals surface area contributed by atoms with Gasteiger partial charge in [0.1, 0.15) is 5.82 Å². The summed E-state index contributed by atoms with van der Waals surface area (Å²) in [7, 11) is -3.27. The average molecular weight is 342 g/mol. The number of piperidine rings is 1. The van der Waals surface area contributed by atoms with Gasteiger partial charge >= 0.3 is 0 Å². The van der Waals surface area contributed by atoms with E-state index in [4.69, 9.17) is 0 Å². The molecule has 1 aromatic rings. The first kappa shape index (κ1) is 17.9. The summed E-state index contributed by atoms with van der Waals surface area (Å²) in [5.74, 6) is -0.301. The van der Waals surface area contributed by atoms with E-state index in [9.17, 15) is 17.6 Å². The van der Waals surface area contributed by atoms with Gasteiger partial charge in [0.05, 0.1) is 6.26 Å². The standard InChI is InChI=1S/C16H23FN2O3S/c1-23(21,22)18-10-9-16(20)19-11-3-2-4-15(19)12-13-5-7-14(17)8-6-13/h5-8,15,18H,2-4,9-12H2,1H3/t15-/m0/s1. The van der Waals surface area contributed by atoms with E-state index in [0.29, 0.717) is 13.0 Å². The van der Waals surface area contributed by atoms with E-state index < -0.39 is 10.0 Å². The van der Waals surface area contributed by atoms with E-state index >= 15 is 0 Å². The Balaban J connectivity index is 1.94. The minimum Gasteiger partial charge on any atom is -0.339 e. The van der Waals surface area contributed by atoms with Gasteiger partial charge in [-0.25, -0.2) is 17.5 Å². The highest BCUT2D eigenvalue weighted by molar-refractivity contribution is 7.88. The molecule has 2 rings (SSSR count). The van der Waals surface area contributed by atoms with Crippen LogP contribution in [0.2, 0.25) is 0 Å². The van der Waals surface area contributed by atoms with Gasteiger partial charge in [0.25, 0.3) is 0 Å². The summed E-state index contributed by atoms with van der Waals surface area (Å²) in [6.45, 7) is 0.820. The molecule has 0 aliphatic carbocycles. The van der Waals surface area contributed by atoms with Crippen LogP contribution in [0.4, 0.5) is 4.39 Å². The Bertz CT molecular complexity index is 631. The lowest BCUT2D eigenvalue weighted by molar-refractivity contribution is -0.134. The molecular formula is C16H23FN2O3S. The molecule has 128 valence electrons. The molecule has 0 aromatic heterocycles. The van der Waals surface area contributed by atoms with E-state index in [1.807, 2.05) is 4.90 Å². The number of amides is 1. The van der Waals surface area contributed by atoms with Crippen molar-refractivity contribution in [3.63, 3.8) is 0 Å². The highest BCUT2D eigenvalue weighted by Gasteiger charge is 2.26. The minimum atomic E-state index is -3.27. The number of carbonyl (C=O) groups is 1. The second-order valence-electron chi connectivity index (χ2n) is 5.98. The lowest BCUT2D eigenvalue weighted by Gasteiger charge is -2.36. The van der Waals surface area contributed by atoms with Gasteiger partial charge in [-0.3, -0.25) is 4.79 Å². The van der Waals surface area contributed by atoms with Crippen LogP contribution in [-0.4, -0.2) is 44.6 Å². The van der Waals surface area contributed by atoms with Gasteiger partial charge in [-0.05, 0) is 43.4 Å². The lowest BCUT2D eigenvalue weighted by atomic mass is 9.95. The van der Waals surface area contributed by atoms with Crippen molar-refractivity contribution < 1.29 is 17.6 Å². The van der Waals surface area contributed by atoms with E-state index in [1.165, 1.54) is 12.1 Å². The Labute approximate surface area is 136 Å². The van der Waals surface area contributed by atoms with Crippen LogP contribution >= 0.6 is 0 Å². The average Bonchev–Trinajstić information content (AvgIpc) is 2.49. The molecule has 1 aliphatic heterocycles. The van der Waals surface area contributed by atoms with Crippen molar-refractivity contribution in [3.8, 4) is 0 Å². The summed E-state index contributed by atoms with van der Waals surface area (Å²) >= 11 is 0. The van der Waals surface area contributed by atoms with Gasteiger partial charge in [-0.15, -0.1) is 0 Å². The molecule has 1 aromatic carbocycles. The molecular weight excluding hydrogens is 319 g/mol. The third kappa shape index (κ3) is 5.91. The number of halogens is 1. The van der Waals surface area contributed by atoms with Gasteiger partial charge in [0.2, 0.25) is 15.9 Å². The van der Waals surface area contributed by atoms with Gasteiger partial charge in [-0.2, -0.15) is 0 Å². The number of likely N-dealkylation sites (tertiary alicyclic amines) is 1. The molecule has 0 bridgehead atoms. The Morgan fingerprint density at radius 1 is 1.30 bits per heavy atom. The maximum absolute atomic E-state index is 13.0. The number of benzene rings is 1. The zero-order valence-corrected chi connectivity index (χ0v) is 14.1. The van der Waals surface area contributed by atoms with E-state index in [1.54, 1.807) is 12.1 Å². The Morgan fingerprint density at radius 2 is 2.00 bits per heavy atom. The summed E-state index contributed by atoms with van der Waals surface area (Å²) in [4.78, 5) is 14.2. The summed E-state index contributed by atoms with van der Waals surface area (Å²) in [5.41, 5.74) is 1.00. The van der Waals surface area contributed by atoms with Crippen molar-refractivity contribution in [2.75, 3.05) is 19.3 Å². The molecule has 1 atom stereocenters. The summed E-state index contributed by atoms with van der Waals surface area (Å²) in [5, 5.41) is 0. The maximum Gasteiger partial charge on any atom is 0.224 e. The molecule has 1 N–H and O–H groups in total. The third-order valence-electron chi connectivity index (χ3n) is 4.04. The van der Waals surface area contributed by atoms with Gasteiger partial charge in [-0.1, -0.05) is 12.1 Å². The second-order valence-corrected chi connectivity index (χ2v) is 7.82. The minimum absolute atomic E-state index is 0.0343. The van der Waals surface area contributed by atoms with Gasteiger partial charge < -0.3 is 4.90 Å². The number of nitrogens with zero attached hydrogens (tertiary/aromatic N) is 1. The van der Waals surface area contributed by atoms with Crippen LogP contribution in [0.25, 0.3) is 0 Å². The zero-order valence-electron chi connectivity index (χ0n) is 13.3. The number of nitrogens with one attached hydrogen (secondary N) is 1. The highest BCUT2D eigenvalue weighted by Crippen LogP contribution is 2.21. The predicted octanol–water partition coefficient (Wildman–Crippen LogP) is 1.69. The summed E-state index contributed by atoms with van der Waals surface area (Å²) in [6.07, 6.45) is 4.89. The molecule has 7 heteroatoms. The fourth-order valence-electron chi connectivity index (χ4n) is 2.92. The van der Waals surface area contributed by atoms with Crippen LogP contribution in [-0.2, 0) is 21.2 Å². The van der Waals surface area contributed by atoms with E-state index in [0.717, 1.165) is 31.1 Å². The lowest BCUT2D eigenvalue weighted by Crippen LogP contribution is -2.45. The van der Waals surface area contributed by atoms with Crippen LogP contribution < -0.4 is 4.72 Å². The number of hydrogen-bond donors (Lipinski definition) is 1. The molecule has 0 unspecified atom stereocenters. The molecule has 5 nitrogen and oxygen atoms in total. The number of sulfonamides is 1. The van der Waals surface area contributed by atoms with Crippen molar-refractivity contribution in [2.24, 2.45) is 0 Å². The highest BCUT2D eigenvalue weighted by atomic mass is 32.2. The SMILES string of the molecule is CS(=O)(=O)NCCC(=O)N1CCCC[C@H]1Cc1ccc(F)cc1. The molecule has 0 spiro atoms. The fourth-order valence-corrected chi connectivity index (χ4v) is 3.39. The topological polar surface area (TPSA) is 66.5 Å². The molecule has 23 heavy (non-hydrogen) atoms. The monoisotopic (exact) mass is 342 g/mol. The van der Waals surface area contributed by atoms with Crippen LogP contribution in [0, 0.1) is 5.82 Å². The Kier molecular flexibility index (Phi) is 6.12. The van der Waals surface area contributed by atoms with Crippen molar-refractivity contribution in [1.29, 1.82) is 0 Å². The van der Waals surface area contributed by atoms with Crippen LogP contribution in [0.5, 0.6) is 0 Å². The smallest absolute Gasteiger partial charge is 0.224 e. The molecule has 1 amide bonds. The van der Waals surface area contributed by atoms with Crippen LogP contribution in [0.1, 0.15) is 31.2 Å². The second kappa shape index (κ2) is 7.88. The van der Waals surface area contributed by atoms with Crippen molar-refractivity contribution in [1.82, 2.24) is 9.62 Å². The normalized spacial score (nSPS) is 18.9. The number of carbonyl (C=O) groups excluding carboxylic acids is 1. The summed E-state index contributed by atoms with van der Waals surface area (Å²) < 4.78 is 37.4. The van der Waals surface area contributed by atoms with Crippen molar-refractivity contribution in [3.05, 3.63) is 35.6 Å². The van der Waals surface area contributed by atoms with Crippen molar-refractivity contribution >= 4 is 15.9 Å². The fraction of sp³-hybridized carbons (Fsp3) is 0.562. The predicted molar refractivity (Wildman–Crippen MR) is 86.9 cm³/mol. The van der Waals surface area contributed by atoms with Crippen molar-refractivity contribution in [2.45, 2.75) is 38.1 Å². The maximum atomic E-state index is 13.0. The number of rotatable bonds is 6. The Hall–Kier alpha value is -1.47. The first-order chi connectivity index (χ1) is 10.8. The first-order valence-electron chi connectivity index (χ1n) is 7.84. The Morgan fingerprint density at radius 3 is 2.65 bits per heavy atom. The first-order valence-corrected chi connectivity index (χ1v) is 9.73. The molecule has 1 aliphatic rings. The molecule has 1 fully saturated rings. The molecule has 0 radical (unpaired) electrons. The summed E-state index contributed by atoms with van der Waals surface area (Å²) in [6, 6.07) is 6.45. The zero-order chi connectivity index (χ0) is 16.9. The van der Waals surface area contributed by atoms with E-state index in [2.05, 4.69) is 4.72 Å². The third-order valence-corrected chi connectivity index (χ3v) is 4.76.